The zero-order chi connectivity index (χ0) is 13.2. The summed E-state index contributed by atoms with van der Waals surface area (Å²) in [6, 6.07) is 10.2. The number of rotatable bonds is 4. The first-order valence-electron chi connectivity index (χ1n) is 6.34. The molecule has 1 aliphatic carbocycles. The van der Waals surface area contributed by atoms with Crippen molar-refractivity contribution in [3.8, 4) is 0 Å². The number of nitrogens with one attached hydrogen (secondary N) is 2. The zero-order valence-corrected chi connectivity index (χ0v) is 12.8. The minimum atomic E-state index is 0.547. The van der Waals surface area contributed by atoms with Crippen LogP contribution < -0.4 is 10.6 Å². The van der Waals surface area contributed by atoms with Gasteiger partial charge in [-0.1, -0.05) is 0 Å². The maximum Gasteiger partial charge on any atom is 0.136 e. The van der Waals surface area contributed by atoms with Crippen molar-refractivity contribution >= 4 is 39.9 Å². The van der Waals surface area contributed by atoms with Crippen molar-refractivity contribution in [3.63, 3.8) is 0 Å². The van der Waals surface area contributed by atoms with Crippen molar-refractivity contribution < 1.29 is 0 Å². The first kappa shape index (κ1) is 12.7. The van der Waals surface area contributed by atoms with Gasteiger partial charge in [0.2, 0.25) is 0 Å². The molecule has 4 nitrogen and oxygen atoms in total. The lowest BCUT2D eigenvalue weighted by atomic mass is 10.3. The maximum absolute atomic E-state index is 4.60. The molecule has 0 unspecified atom stereocenters. The summed E-state index contributed by atoms with van der Waals surface area (Å²) in [6.45, 7) is 0. The van der Waals surface area contributed by atoms with Crippen molar-refractivity contribution in [2.24, 2.45) is 0 Å². The summed E-state index contributed by atoms with van der Waals surface area (Å²) >= 11 is 2.30. The zero-order valence-electron chi connectivity index (χ0n) is 10.7. The SMILES string of the molecule is CNc1cc(Nc2ccc(I)cc2)nc(C2CC2)n1. The van der Waals surface area contributed by atoms with E-state index in [0.717, 1.165) is 23.1 Å². The predicted octanol–water partition coefficient (Wildman–Crippen LogP) is 3.74. The highest BCUT2D eigenvalue weighted by molar-refractivity contribution is 14.1. The van der Waals surface area contributed by atoms with Crippen LogP contribution in [0.15, 0.2) is 30.3 Å². The van der Waals surface area contributed by atoms with Crippen LogP contribution in [0, 0.1) is 3.57 Å². The van der Waals surface area contributed by atoms with E-state index < -0.39 is 0 Å². The molecule has 0 amide bonds. The van der Waals surface area contributed by atoms with Crippen LogP contribution in [0.4, 0.5) is 17.3 Å². The molecule has 98 valence electrons. The van der Waals surface area contributed by atoms with Crippen LogP contribution in [0.2, 0.25) is 0 Å². The van der Waals surface area contributed by atoms with Gasteiger partial charge in [0.1, 0.15) is 17.5 Å². The number of anilines is 3. The highest BCUT2D eigenvalue weighted by Crippen LogP contribution is 2.39. The molecular weight excluding hydrogens is 351 g/mol. The van der Waals surface area contributed by atoms with Gasteiger partial charge >= 0.3 is 0 Å². The van der Waals surface area contributed by atoms with Crippen molar-refractivity contribution in [2.45, 2.75) is 18.8 Å². The molecule has 5 heteroatoms. The van der Waals surface area contributed by atoms with E-state index in [1.807, 2.05) is 13.1 Å². The Bertz CT molecular complexity index is 578. The quantitative estimate of drug-likeness (QED) is 0.810. The molecule has 0 bridgehead atoms. The lowest BCUT2D eigenvalue weighted by Gasteiger charge is -2.09. The number of hydrogen-bond acceptors (Lipinski definition) is 4. The molecule has 1 heterocycles. The van der Waals surface area contributed by atoms with Gasteiger partial charge in [0.25, 0.3) is 0 Å². The molecule has 1 fully saturated rings. The Labute approximate surface area is 126 Å². The van der Waals surface area contributed by atoms with Crippen LogP contribution in [0.5, 0.6) is 0 Å². The van der Waals surface area contributed by atoms with Gasteiger partial charge in [-0.15, -0.1) is 0 Å². The van der Waals surface area contributed by atoms with Crippen molar-refractivity contribution in [3.05, 3.63) is 39.7 Å². The molecule has 19 heavy (non-hydrogen) atoms. The second-order valence-electron chi connectivity index (χ2n) is 4.65. The first-order chi connectivity index (χ1) is 9.24. The van der Waals surface area contributed by atoms with Gasteiger partial charge in [0.05, 0.1) is 0 Å². The van der Waals surface area contributed by atoms with Gasteiger partial charge in [-0.25, -0.2) is 9.97 Å². The highest BCUT2D eigenvalue weighted by atomic mass is 127. The second-order valence-corrected chi connectivity index (χ2v) is 5.90. The number of aromatic nitrogens is 2. The van der Waals surface area contributed by atoms with Crippen molar-refractivity contribution in [2.75, 3.05) is 17.7 Å². The Morgan fingerprint density at radius 3 is 2.42 bits per heavy atom. The fraction of sp³-hybridized carbons (Fsp3) is 0.286. The largest absolute Gasteiger partial charge is 0.373 e. The topological polar surface area (TPSA) is 49.8 Å². The third kappa shape index (κ3) is 3.15. The normalized spacial score (nSPS) is 14.2. The Hall–Kier alpha value is -1.37. The number of halogens is 1. The molecule has 0 saturated heterocycles. The van der Waals surface area contributed by atoms with Crippen LogP contribution in [0.1, 0.15) is 24.6 Å². The van der Waals surface area contributed by atoms with E-state index in [4.69, 9.17) is 0 Å². The summed E-state index contributed by atoms with van der Waals surface area (Å²) in [5, 5.41) is 6.43. The van der Waals surface area contributed by atoms with Gasteiger partial charge < -0.3 is 10.6 Å². The third-order valence-corrected chi connectivity index (χ3v) is 3.78. The first-order valence-corrected chi connectivity index (χ1v) is 7.42. The molecule has 1 aromatic carbocycles. The lowest BCUT2D eigenvalue weighted by molar-refractivity contribution is 0.932. The fourth-order valence-corrected chi connectivity index (χ4v) is 2.22. The molecule has 0 aliphatic heterocycles. The molecule has 1 saturated carbocycles. The molecule has 1 aromatic heterocycles. The number of benzene rings is 1. The van der Waals surface area contributed by atoms with E-state index in [0.29, 0.717) is 5.92 Å². The van der Waals surface area contributed by atoms with E-state index in [1.165, 1.54) is 16.4 Å². The van der Waals surface area contributed by atoms with Crippen LogP contribution >= 0.6 is 22.6 Å². The van der Waals surface area contributed by atoms with Crippen LogP contribution in [0.25, 0.3) is 0 Å². The van der Waals surface area contributed by atoms with Gasteiger partial charge in [-0.3, -0.25) is 0 Å². The summed E-state index contributed by atoms with van der Waals surface area (Å²) in [5.41, 5.74) is 1.04. The molecule has 0 spiro atoms. The van der Waals surface area contributed by atoms with Crippen LogP contribution in [0.3, 0.4) is 0 Å². The number of nitrogens with zero attached hydrogens (tertiary/aromatic N) is 2. The third-order valence-electron chi connectivity index (χ3n) is 3.06. The van der Waals surface area contributed by atoms with Crippen molar-refractivity contribution in [1.82, 2.24) is 9.97 Å². The highest BCUT2D eigenvalue weighted by Gasteiger charge is 2.27. The molecule has 1 aliphatic rings. The van der Waals surface area contributed by atoms with Crippen molar-refractivity contribution in [1.29, 1.82) is 0 Å². The van der Waals surface area contributed by atoms with Crippen LogP contribution in [-0.2, 0) is 0 Å². The molecule has 2 N–H and O–H groups in total. The molecule has 0 atom stereocenters. The monoisotopic (exact) mass is 366 g/mol. The van der Waals surface area contributed by atoms with Crippen LogP contribution in [-0.4, -0.2) is 17.0 Å². The van der Waals surface area contributed by atoms with Gasteiger partial charge in [0.15, 0.2) is 0 Å². The summed E-state index contributed by atoms with van der Waals surface area (Å²) in [5.74, 6) is 3.21. The summed E-state index contributed by atoms with van der Waals surface area (Å²) in [4.78, 5) is 9.10. The molecular formula is C14H15IN4. The maximum atomic E-state index is 4.60. The Balaban J connectivity index is 1.86. The summed E-state index contributed by atoms with van der Waals surface area (Å²) in [6.07, 6.45) is 2.41. The van der Waals surface area contributed by atoms with E-state index in [1.54, 1.807) is 0 Å². The smallest absolute Gasteiger partial charge is 0.136 e. The number of hydrogen-bond donors (Lipinski definition) is 2. The van der Waals surface area contributed by atoms with Gasteiger partial charge in [-0.05, 0) is 59.7 Å². The van der Waals surface area contributed by atoms with E-state index >= 15 is 0 Å². The average Bonchev–Trinajstić information content (AvgIpc) is 3.25. The Morgan fingerprint density at radius 1 is 1.11 bits per heavy atom. The molecule has 3 rings (SSSR count). The Morgan fingerprint density at radius 2 is 1.79 bits per heavy atom. The van der Waals surface area contributed by atoms with Gasteiger partial charge in [0, 0.05) is 28.3 Å². The minimum absolute atomic E-state index is 0.547. The minimum Gasteiger partial charge on any atom is -0.373 e. The van der Waals surface area contributed by atoms with E-state index in [-0.39, 0.29) is 0 Å². The van der Waals surface area contributed by atoms with E-state index in [9.17, 15) is 0 Å². The molecule has 0 radical (unpaired) electrons. The second kappa shape index (κ2) is 5.32. The predicted molar refractivity (Wildman–Crippen MR) is 86.0 cm³/mol. The average molecular weight is 366 g/mol. The van der Waals surface area contributed by atoms with Gasteiger partial charge in [-0.2, -0.15) is 0 Å². The standard InChI is InChI=1S/C14H15IN4/c1-16-12-8-13(19-14(18-12)9-2-3-9)17-11-6-4-10(15)5-7-11/h4-9H,2-3H2,1H3,(H2,16,17,18,19). The summed E-state index contributed by atoms with van der Waals surface area (Å²) < 4.78 is 1.22. The molecule has 2 aromatic rings. The summed E-state index contributed by atoms with van der Waals surface area (Å²) in [7, 11) is 1.88. The van der Waals surface area contributed by atoms with E-state index in [2.05, 4.69) is 67.5 Å². The fourth-order valence-electron chi connectivity index (χ4n) is 1.86. The Kier molecular flexibility index (Phi) is 3.54. The lowest BCUT2D eigenvalue weighted by Crippen LogP contribution is -2.03.